The van der Waals surface area contributed by atoms with E-state index in [1.807, 2.05) is 0 Å². The van der Waals surface area contributed by atoms with Crippen LogP contribution in [0.25, 0.3) is 71.6 Å². The number of aromatic nitrogens is 1. The Bertz CT molecular complexity index is 3200. The van der Waals surface area contributed by atoms with E-state index in [9.17, 15) is 0 Å². The number of hydrogen-bond acceptors (Lipinski definition) is 1. The first-order chi connectivity index (χ1) is 30.2. The van der Waals surface area contributed by atoms with Gasteiger partial charge < -0.3 is 9.47 Å². The molecule has 0 unspecified atom stereocenters. The Morgan fingerprint density at radius 1 is 0.443 bits per heavy atom. The topological polar surface area (TPSA) is 8.17 Å². The summed E-state index contributed by atoms with van der Waals surface area (Å²) in [5.41, 5.74) is 16.2. The molecule has 2 aliphatic rings. The standard InChI is InChI=1S/C59H46N2/c1-3-13-44(14-4-1)50-21-11-15-45-16-12-22-54(58(45)50)52-20-8-9-23-55(52)60(48-31-27-43(28-32-48)42-25-29-46(30-26-42)59-37-35-41(40-59)36-38-59)49-33-34-53-51-19-7-10-24-56(51)61(57(53)39-49)47-17-5-2-6-18-47/h1-34,39,41H,35-38,40H2. The van der Waals surface area contributed by atoms with Crippen molar-refractivity contribution in [2.75, 3.05) is 4.90 Å². The van der Waals surface area contributed by atoms with E-state index in [0.717, 1.165) is 28.7 Å². The van der Waals surface area contributed by atoms with Crippen molar-refractivity contribution in [1.29, 1.82) is 0 Å². The summed E-state index contributed by atoms with van der Waals surface area (Å²) in [5, 5.41) is 4.97. The van der Waals surface area contributed by atoms with Gasteiger partial charge in [-0.15, -0.1) is 0 Å². The van der Waals surface area contributed by atoms with Crippen molar-refractivity contribution in [3.05, 3.63) is 218 Å². The predicted molar refractivity (Wildman–Crippen MR) is 258 cm³/mol. The van der Waals surface area contributed by atoms with E-state index in [1.54, 1.807) is 5.56 Å². The van der Waals surface area contributed by atoms with Gasteiger partial charge in [0.05, 0.1) is 16.7 Å². The van der Waals surface area contributed by atoms with Gasteiger partial charge in [0, 0.05) is 33.4 Å². The van der Waals surface area contributed by atoms with Crippen molar-refractivity contribution in [3.8, 4) is 39.1 Å². The van der Waals surface area contributed by atoms with Gasteiger partial charge in [-0.1, -0.05) is 164 Å². The molecule has 0 N–H and O–H groups in total. The SMILES string of the molecule is c1ccc(-c2cccc3cccc(-c4ccccc4N(c4ccc(-c5ccc(C67CCC(CC6)C7)cc5)cc4)c4ccc5c6ccccc6n(-c6ccccc6)c5c4)c23)cc1. The molecule has 0 spiro atoms. The minimum absolute atomic E-state index is 0.417. The van der Waals surface area contributed by atoms with E-state index in [1.165, 1.54) is 98.1 Å². The van der Waals surface area contributed by atoms with Gasteiger partial charge in [-0.05, 0) is 136 Å². The molecule has 12 rings (SSSR count). The van der Waals surface area contributed by atoms with Gasteiger partial charge in [-0.3, -0.25) is 0 Å². The number of benzene rings is 9. The summed E-state index contributed by atoms with van der Waals surface area (Å²) in [7, 11) is 0. The normalized spacial score (nSPS) is 17.1. The molecule has 61 heavy (non-hydrogen) atoms. The zero-order chi connectivity index (χ0) is 40.3. The third-order valence-corrected chi connectivity index (χ3v) is 14.1. The van der Waals surface area contributed by atoms with Crippen molar-refractivity contribution in [2.24, 2.45) is 5.92 Å². The molecule has 0 amide bonds. The Labute approximate surface area is 358 Å². The van der Waals surface area contributed by atoms with Crippen LogP contribution in [0.2, 0.25) is 0 Å². The fourth-order valence-corrected chi connectivity index (χ4v) is 11.1. The molecule has 2 heteroatoms. The first-order valence-electron chi connectivity index (χ1n) is 22.0. The van der Waals surface area contributed by atoms with Crippen LogP contribution in [-0.4, -0.2) is 4.57 Å². The average Bonchev–Trinajstić information content (AvgIpc) is 4.05. The van der Waals surface area contributed by atoms with E-state index in [4.69, 9.17) is 0 Å². The smallest absolute Gasteiger partial charge is 0.0561 e. The molecular weight excluding hydrogens is 737 g/mol. The van der Waals surface area contributed by atoms with Gasteiger partial charge in [0.15, 0.2) is 0 Å². The highest BCUT2D eigenvalue weighted by molar-refractivity contribution is 6.11. The molecule has 9 aromatic carbocycles. The fraction of sp³-hybridized carbons (Fsp3) is 0.119. The highest BCUT2D eigenvalue weighted by atomic mass is 15.1. The third-order valence-electron chi connectivity index (χ3n) is 14.1. The van der Waals surface area contributed by atoms with Crippen molar-refractivity contribution in [2.45, 2.75) is 37.5 Å². The lowest BCUT2D eigenvalue weighted by Crippen LogP contribution is -2.19. The maximum atomic E-state index is 2.47. The Balaban J connectivity index is 1.04. The Morgan fingerprint density at radius 2 is 1.05 bits per heavy atom. The van der Waals surface area contributed by atoms with Crippen LogP contribution in [0.1, 0.15) is 37.7 Å². The van der Waals surface area contributed by atoms with Crippen LogP contribution in [0.15, 0.2) is 212 Å². The molecule has 1 aromatic heterocycles. The molecule has 2 aliphatic carbocycles. The molecule has 2 fully saturated rings. The Hall–Kier alpha value is -7.16. The van der Waals surface area contributed by atoms with Gasteiger partial charge in [-0.25, -0.2) is 0 Å². The number of para-hydroxylation sites is 3. The molecule has 0 atom stereocenters. The first-order valence-corrected chi connectivity index (χ1v) is 22.0. The van der Waals surface area contributed by atoms with Gasteiger partial charge in [0.2, 0.25) is 0 Å². The fourth-order valence-electron chi connectivity index (χ4n) is 11.1. The first kappa shape index (κ1) is 35.8. The molecule has 10 aromatic rings. The van der Waals surface area contributed by atoms with Crippen LogP contribution in [0.4, 0.5) is 17.1 Å². The number of rotatable bonds is 8. The molecule has 2 bridgehead atoms. The van der Waals surface area contributed by atoms with Crippen LogP contribution in [0.5, 0.6) is 0 Å². The van der Waals surface area contributed by atoms with Crippen LogP contribution in [-0.2, 0) is 5.41 Å². The molecular formula is C59H46N2. The van der Waals surface area contributed by atoms with Gasteiger partial charge in [0.1, 0.15) is 0 Å². The van der Waals surface area contributed by atoms with E-state index >= 15 is 0 Å². The average molecular weight is 783 g/mol. The van der Waals surface area contributed by atoms with E-state index in [0.29, 0.717) is 5.41 Å². The van der Waals surface area contributed by atoms with Crippen LogP contribution < -0.4 is 4.90 Å². The lowest BCUT2D eigenvalue weighted by Gasteiger charge is -2.29. The van der Waals surface area contributed by atoms with Crippen molar-refractivity contribution >= 4 is 49.6 Å². The van der Waals surface area contributed by atoms with E-state index < -0.39 is 0 Å². The monoisotopic (exact) mass is 782 g/mol. The Kier molecular flexibility index (Phi) is 8.52. The molecule has 0 aliphatic heterocycles. The van der Waals surface area contributed by atoms with E-state index in [2.05, 4.69) is 222 Å². The Morgan fingerprint density at radius 3 is 1.79 bits per heavy atom. The maximum absolute atomic E-state index is 2.47. The third kappa shape index (κ3) is 6.00. The summed E-state index contributed by atoms with van der Waals surface area (Å²) in [6, 6.07) is 78.6. The summed E-state index contributed by atoms with van der Waals surface area (Å²) < 4.78 is 2.42. The predicted octanol–water partition coefficient (Wildman–Crippen LogP) is 16.2. The number of hydrogen-bond donors (Lipinski definition) is 0. The molecule has 2 saturated carbocycles. The van der Waals surface area contributed by atoms with Crippen LogP contribution in [0.3, 0.4) is 0 Å². The molecule has 0 saturated heterocycles. The maximum Gasteiger partial charge on any atom is 0.0561 e. The number of anilines is 3. The summed E-state index contributed by atoms with van der Waals surface area (Å²) in [6.07, 6.45) is 6.89. The minimum atomic E-state index is 0.417. The number of fused-ring (bicyclic) bond motifs is 6. The van der Waals surface area contributed by atoms with Gasteiger partial charge in [0.25, 0.3) is 0 Å². The van der Waals surface area contributed by atoms with Crippen molar-refractivity contribution < 1.29 is 0 Å². The second kappa shape index (κ2) is 14.5. The summed E-state index contributed by atoms with van der Waals surface area (Å²) in [4.78, 5) is 2.47. The molecule has 0 radical (unpaired) electrons. The summed E-state index contributed by atoms with van der Waals surface area (Å²) in [6.45, 7) is 0. The van der Waals surface area contributed by atoms with E-state index in [-0.39, 0.29) is 0 Å². The van der Waals surface area contributed by atoms with Gasteiger partial charge in [-0.2, -0.15) is 0 Å². The zero-order valence-corrected chi connectivity index (χ0v) is 34.2. The van der Waals surface area contributed by atoms with Gasteiger partial charge >= 0.3 is 0 Å². The highest BCUT2D eigenvalue weighted by Crippen LogP contribution is 2.55. The van der Waals surface area contributed by atoms with Crippen LogP contribution in [0, 0.1) is 5.92 Å². The van der Waals surface area contributed by atoms with Crippen LogP contribution >= 0.6 is 0 Å². The van der Waals surface area contributed by atoms with Crippen molar-refractivity contribution in [1.82, 2.24) is 4.57 Å². The lowest BCUT2D eigenvalue weighted by atomic mass is 9.77. The largest absolute Gasteiger partial charge is 0.310 e. The minimum Gasteiger partial charge on any atom is -0.310 e. The highest BCUT2D eigenvalue weighted by Gasteiger charge is 2.45. The number of nitrogens with zero attached hydrogens (tertiary/aromatic N) is 2. The summed E-state index contributed by atoms with van der Waals surface area (Å²) in [5.74, 6) is 0.939. The second-order valence-electron chi connectivity index (χ2n) is 17.4. The molecule has 1 heterocycles. The second-order valence-corrected chi connectivity index (χ2v) is 17.4. The molecule has 2 nitrogen and oxygen atoms in total. The van der Waals surface area contributed by atoms with Crippen molar-refractivity contribution in [3.63, 3.8) is 0 Å². The summed E-state index contributed by atoms with van der Waals surface area (Å²) >= 11 is 0. The zero-order valence-electron chi connectivity index (χ0n) is 34.2. The lowest BCUT2D eigenvalue weighted by molar-refractivity contribution is 0.419. The molecule has 292 valence electrons. The quantitative estimate of drug-likeness (QED) is 0.149.